The van der Waals surface area contributed by atoms with Crippen LogP contribution in [-0.2, 0) is 4.84 Å². The van der Waals surface area contributed by atoms with Crippen LogP contribution < -0.4 is 5.73 Å². The summed E-state index contributed by atoms with van der Waals surface area (Å²) in [5.41, 5.74) is 7.94. The summed E-state index contributed by atoms with van der Waals surface area (Å²) in [5.74, 6) is 3.23. The Morgan fingerprint density at radius 2 is 1.78 bits per heavy atom. The van der Waals surface area contributed by atoms with Gasteiger partial charge in [0.25, 0.3) is 0 Å². The van der Waals surface area contributed by atoms with Gasteiger partial charge in [0, 0.05) is 12.0 Å². The van der Waals surface area contributed by atoms with Crippen molar-refractivity contribution in [3.8, 4) is 0 Å². The summed E-state index contributed by atoms with van der Waals surface area (Å²) in [6.45, 7) is 6.10. The van der Waals surface area contributed by atoms with E-state index in [1.807, 2.05) is 0 Å². The van der Waals surface area contributed by atoms with Crippen molar-refractivity contribution in [1.82, 2.24) is 0 Å². The maximum absolute atomic E-state index is 10.7. The van der Waals surface area contributed by atoms with Gasteiger partial charge in [0.05, 0.1) is 11.8 Å². The zero-order valence-electron chi connectivity index (χ0n) is 17.3. The smallest absolute Gasteiger partial charge is 0.129 e. The predicted octanol–water partition coefficient (Wildman–Crippen LogP) is 4.11. The molecule has 0 saturated heterocycles. The fourth-order valence-electron chi connectivity index (χ4n) is 8.62. The monoisotopic (exact) mass is 374 g/mol. The van der Waals surface area contributed by atoms with Gasteiger partial charge >= 0.3 is 0 Å². The first-order valence-corrected chi connectivity index (χ1v) is 11.5. The number of nitrogens with two attached hydrogens (primary N) is 1. The third kappa shape index (κ3) is 2.44. The molecule has 1 spiro atoms. The fraction of sp³-hybridized carbons (Fsp3) is 0.957. The molecule has 0 aliphatic heterocycles. The molecule has 0 heterocycles. The van der Waals surface area contributed by atoms with Gasteiger partial charge < -0.3 is 15.7 Å². The van der Waals surface area contributed by atoms with E-state index in [-0.39, 0.29) is 11.5 Å². The molecule has 7 atom stereocenters. The predicted molar refractivity (Wildman–Crippen MR) is 107 cm³/mol. The SMILES string of the molecule is C[C@]12CC[C@H]3[C@@H](CCC4C5(CC5)/C(=N/OCCN)CC[C@@]43C)[C@@H]1CC[C@@H]2O. The number of rotatable bonds is 3. The zero-order valence-corrected chi connectivity index (χ0v) is 17.3. The minimum Gasteiger partial charge on any atom is -0.394 e. The van der Waals surface area contributed by atoms with E-state index in [1.54, 1.807) is 0 Å². The van der Waals surface area contributed by atoms with E-state index < -0.39 is 0 Å². The molecular formula is C23H38N2O2. The lowest BCUT2D eigenvalue weighted by atomic mass is 9.43. The Hall–Kier alpha value is -0.610. The van der Waals surface area contributed by atoms with E-state index in [1.165, 1.54) is 57.1 Å². The van der Waals surface area contributed by atoms with E-state index >= 15 is 0 Å². The number of aliphatic hydroxyl groups excluding tert-OH is 1. The molecule has 5 saturated carbocycles. The number of hydrogen-bond acceptors (Lipinski definition) is 4. The van der Waals surface area contributed by atoms with Crippen molar-refractivity contribution in [3.63, 3.8) is 0 Å². The third-order valence-electron chi connectivity index (χ3n) is 10.1. The van der Waals surface area contributed by atoms with Crippen molar-refractivity contribution < 1.29 is 9.94 Å². The highest BCUT2D eigenvalue weighted by atomic mass is 16.6. The topological polar surface area (TPSA) is 67.8 Å². The second-order valence-electron chi connectivity index (χ2n) is 11.0. The second-order valence-corrected chi connectivity index (χ2v) is 11.0. The molecule has 5 fully saturated rings. The van der Waals surface area contributed by atoms with E-state index in [4.69, 9.17) is 10.6 Å². The minimum atomic E-state index is -0.0615. The second kappa shape index (κ2) is 6.19. The molecule has 0 radical (unpaired) electrons. The van der Waals surface area contributed by atoms with Crippen LogP contribution >= 0.6 is 0 Å². The summed E-state index contributed by atoms with van der Waals surface area (Å²) >= 11 is 0. The summed E-state index contributed by atoms with van der Waals surface area (Å²) in [5, 5.41) is 15.3. The van der Waals surface area contributed by atoms with Crippen LogP contribution in [0.4, 0.5) is 0 Å². The van der Waals surface area contributed by atoms with Crippen molar-refractivity contribution in [2.75, 3.05) is 13.2 Å². The van der Waals surface area contributed by atoms with E-state index in [2.05, 4.69) is 19.0 Å². The largest absolute Gasteiger partial charge is 0.394 e. The summed E-state index contributed by atoms with van der Waals surface area (Å²) in [7, 11) is 0. The molecule has 152 valence electrons. The van der Waals surface area contributed by atoms with Gasteiger partial charge in [0.15, 0.2) is 0 Å². The molecule has 5 aliphatic rings. The van der Waals surface area contributed by atoms with E-state index in [9.17, 15) is 5.11 Å². The fourth-order valence-corrected chi connectivity index (χ4v) is 8.62. The van der Waals surface area contributed by atoms with Crippen LogP contribution in [0, 0.1) is 39.9 Å². The number of nitrogens with zero attached hydrogens (tertiary/aromatic N) is 1. The van der Waals surface area contributed by atoms with Crippen LogP contribution in [0.15, 0.2) is 5.16 Å². The van der Waals surface area contributed by atoms with E-state index in [0.29, 0.717) is 24.0 Å². The van der Waals surface area contributed by atoms with Crippen LogP contribution in [0.2, 0.25) is 0 Å². The van der Waals surface area contributed by atoms with Gasteiger partial charge in [-0.2, -0.15) is 0 Å². The zero-order chi connectivity index (χ0) is 18.9. The quantitative estimate of drug-likeness (QED) is 0.577. The van der Waals surface area contributed by atoms with Crippen molar-refractivity contribution in [1.29, 1.82) is 0 Å². The molecular weight excluding hydrogens is 336 g/mol. The van der Waals surface area contributed by atoms with Gasteiger partial charge in [-0.15, -0.1) is 0 Å². The maximum atomic E-state index is 10.7. The highest BCUT2D eigenvalue weighted by molar-refractivity contribution is 5.93. The normalized spacial score (nSPS) is 51.6. The Balaban J connectivity index is 1.41. The number of oxime groups is 1. The summed E-state index contributed by atoms with van der Waals surface area (Å²) < 4.78 is 0. The Bertz CT molecular complexity index is 630. The van der Waals surface area contributed by atoms with Gasteiger partial charge in [-0.3, -0.25) is 0 Å². The van der Waals surface area contributed by atoms with Crippen LogP contribution in [0.3, 0.4) is 0 Å². The first-order valence-electron chi connectivity index (χ1n) is 11.5. The average molecular weight is 375 g/mol. The maximum Gasteiger partial charge on any atom is 0.129 e. The minimum absolute atomic E-state index is 0.0615. The molecule has 0 bridgehead atoms. The lowest BCUT2D eigenvalue weighted by molar-refractivity contribution is -0.124. The van der Waals surface area contributed by atoms with Gasteiger partial charge in [0.1, 0.15) is 6.61 Å². The summed E-state index contributed by atoms with van der Waals surface area (Å²) in [6, 6.07) is 0. The lowest BCUT2D eigenvalue weighted by Crippen LogP contribution is -2.57. The van der Waals surface area contributed by atoms with Crippen molar-refractivity contribution in [2.24, 2.45) is 50.8 Å². The molecule has 5 rings (SSSR count). The third-order valence-corrected chi connectivity index (χ3v) is 10.1. The van der Waals surface area contributed by atoms with Crippen molar-refractivity contribution in [2.45, 2.75) is 84.2 Å². The lowest BCUT2D eigenvalue weighted by Gasteiger charge is -2.62. The molecule has 0 aromatic rings. The first-order chi connectivity index (χ1) is 13.0. The van der Waals surface area contributed by atoms with E-state index in [0.717, 1.165) is 36.5 Å². The number of fused-ring (bicyclic) bond motifs is 6. The molecule has 3 N–H and O–H groups in total. The highest BCUT2D eigenvalue weighted by Crippen LogP contribution is 2.72. The van der Waals surface area contributed by atoms with Crippen LogP contribution in [-0.4, -0.2) is 30.1 Å². The Morgan fingerprint density at radius 1 is 1.00 bits per heavy atom. The molecule has 0 aromatic carbocycles. The van der Waals surface area contributed by atoms with Gasteiger partial charge in [-0.25, -0.2) is 0 Å². The Kier molecular flexibility index (Phi) is 4.22. The molecule has 0 amide bonds. The van der Waals surface area contributed by atoms with Crippen LogP contribution in [0.5, 0.6) is 0 Å². The molecule has 5 aliphatic carbocycles. The molecule has 4 heteroatoms. The molecule has 4 nitrogen and oxygen atoms in total. The average Bonchev–Trinajstić information content (AvgIpc) is 3.37. The first kappa shape index (κ1) is 18.4. The number of hydrogen-bond donors (Lipinski definition) is 2. The van der Waals surface area contributed by atoms with Gasteiger partial charge in [-0.05, 0) is 98.7 Å². The van der Waals surface area contributed by atoms with Crippen molar-refractivity contribution >= 4 is 5.71 Å². The molecule has 0 aromatic heterocycles. The summed E-state index contributed by atoms with van der Waals surface area (Å²) in [4.78, 5) is 5.53. The molecule has 27 heavy (non-hydrogen) atoms. The van der Waals surface area contributed by atoms with Gasteiger partial charge in [0.2, 0.25) is 0 Å². The van der Waals surface area contributed by atoms with Crippen molar-refractivity contribution in [3.05, 3.63) is 0 Å². The van der Waals surface area contributed by atoms with Crippen LogP contribution in [0.25, 0.3) is 0 Å². The summed E-state index contributed by atoms with van der Waals surface area (Å²) in [6.07, 6.45) is 12.5. The van der Waals surface area contributed by atoms with Crippen LogP contribution in [0.1, 0.15) is 78.1 Å². The molecule has 1 unspecified atom stereocenters. The number of aliphatic hydroxyl groups is 1. The Morgan fingerprint density at radius 3 is 2.52 bits per heavy atom. The highest BCUT2D eigenvalue weighted by Gasteiger charge is 2.67. The standard InChI is InChI=1S/C23H38N2O2/c1-21-10-8-19(25-27-14-13-24)23(11-12-23)18(21)5-3-15-16-4-6-20(26)22(16,2)9-7-17(15)21/h15-18,20,26H,3-14,24H2,1-2H3/b25-19+/t15-,16-,17-,18?,20-,21+,22-/m0/s1. The Labute approximate surface area is 164 Å². The van der Waals surface area contributed by atoms with Gasteiger partial charge in [-0.1, -0.05) is 19.0 Å².